The lowest BCUT2D eigenvalue weighted by Crippen LogP contribution is -2.43. The van der Waals surface area contributed by atoms with Gasteiger partial charge in [-0.3, -0.25) is 4.79 Å². The van der Waals surface area contributed by atoms with E-state index in [4.69, 9.17) is 16.3 Å². The summed E-state index contributed by atoms with van der Waals surface area (Å²) in [4.78, 5) is 12.9. The Kier molecular flexibility index (Phi) is 6.27. The zero-order chi connectivity index (χ0) is 20.3. The fraction of sp³-hybridized carbons (Fsp3) is 0.350. The molecule has 150 valence electrons. The molecule has 1 atom stereocenters. The number of hydrogen-bond acceptors (Lipinski definition) is 4. The Bertz CT molecular complexity index is 978. The molecule has 6 nitrogen and oxygen atoms in total. The van der Waals surface area contributed by atoms with Gasteiger partial charge in [0, 0.05) is 13.1 Å². The molecule has 0 bridgehead atoms. The summed E-state index contributed by atoms with van der Waals surface area (Å²) < 4.78 is 32.7. The van der Waals surface area contributed by atoms with E-state index in [1.54, 1.807) is 50.4 Å². The molecule has 1 heterocycles. The standard InChI is InChI=1S/C20H23ClN2O4S/c1-14-12-16(9-10-19(14)27-2)28(25,26)23-11-5-6-15(13-23)20(24)22-18-8-4-3-7-17(18)21/h3-4,7-10,12,15H,5-6,11,13H2,1-2H3,(H,22,24)/t15-/m1/s1. The number of aryl methyl sites for hydroxylation is 1. The highest BCUT2D eigenvalue weighted by Gasteiger charge is 2.33. The normalized spacial score (nSPS) is 17.9. The molecule has 1 saturated heterocycles. The minimum Gasteiger partial charge on any atom is -0.496 e. The average molecular weight is 423 g/mol. The quantitative estimate of drug-likeness (QED) is 0.797. The number of amides is 1. The Morgan fingerprint density at radius 2 is 2.00 bits per heavy atom. The fourth-order valence-electron chi connectivity index (χ4n) is 3.33. The highest BCUT2D eigenvalue weighted by Crippen LogP contribution is 2.28. The Morgan fingerprint density at radius 3 is 2.68 bits per heavy atom. The Hall–Kier alpha value is -2.09. The van der Waals surface area contributed by atoms with Crippen molar-refractivity contribution in [2.45, 2.75) is 24.7 Å². The van der Waals surface area contributed by atoms with Crippen LogP contribution in [0, 0.1) is 12.8 Å². The topological polar surface area (TPSA) is 75.7 Å². The maximum Gasteiger partial charge on any atom is 0.243 e. The van der Waals surface area contributed by atoms with Crippen LogP contribution in [0.2, 0.25) is 5.02 Å². The van der Waals surface area contributed by atoms with Crippen molar-refractivity contribution in [1.29, 1.82) is 0 Å². The predicted molar refractivity (Wildman–Crippen MR) is 109 cm³/mol. The molecule has 0 unspecified atom stereocenters. The first kappa shape index (κ1) is 20.6. The number of nitrogens with one attached hydrogen (secondary N) is 1. The highest BCUT2D eigenvalue weighted by molar-refractivity contribution is 7.89. The third-order valence-corrected chi connectivity index (χ3v) is 7.08. The van der Waals surface area contributed by atoms with Crippen LogP contribution < -0.4 is 10.1 Å². The van der Waals surface area contributed by atoms with Crippen LogP contribution in [0.1, 0.15) is 18.4 Å². The van der Waals surface area contributed by atoms with Gasteiger partial charge < -0.3 is 10.1 Å². The molecule has 1 aliphatic rings. The first-order chi connectivity index (χ1) is 13.3. The number of piperidine rings is 1. The molecule has 1 aliphatic heterocycles. The number of sulfonamides is 1. The molecule has 0 spiro atoms. The lowest BCUT2D eigenvalue weighted by atomic mass is 9.99. The Morgan fingerprint density at radius 1 is 1.25 bits per heavy atom. The van der Waals surface area contributed by atoms with E-state index >= 15 is 0 Å². The summed E-state index contributed by atoms with van der Waals surface area (Å²) >= 11 is 6.10. The number of para-hydroxylation sites is 1. The molecule has 3 rings (SSSR count). The van der Waals surface area contributed by atoms with Crippen molar-refractivity contribution in [2.75, 3.05) is 25.5 Å². The molecule has 1 fully saturated rings. The number of hydrogen-bond donors (Lipinski definition) is 1. The largest absolute Gasteiger partial charge is 0.496 e. The Balaban J connectivity index is 1.76. The number of benzene rings is 2. The van der Waals surface area contributed by atoms with E-state index in [-0.39, 0.29) is 17.3 Å². The van der Waals surface area contributed by atoms with Crippen LogP contribution in [-0.4, -0.2) is 38.8 Å². The summed E-state index contributed by atoms with van der Waals surface area (Å²) in [5, 5.41) is 3.26. The maximum atomic E-state index is 13.1. The fourth-order valence-corrected chi connectivity index (χ4v) is 5.13. The molecular weight excluding hydrogens is 400 g/mol. The van der Waals surface area contributed by atoms with Gasteiger partial charge in [-0.1, -0.05) is 23.7 Å². The second-order valence-corrected chi connectivity index (χ2v) is 9.15. The second kappa shape index (κ2) is 8.51. The molecule has 8 heteroatoms. The summed E-state index contributed by atoms with van der Waals surface area (Å²) in [6, 6.07) is 11.8. The van der Waals surface area contributed by atoms with Crippen molar-refractivity contribution in [2.24, 2.45) is 5.92 Å². The van der Waals surface area contributed by atoms with Crippen LogP contribution in [0.5, 0.6) is 5.75 Å². The van der Waals surface area contributed by atoms with Crippen LogP contribution in [0.15, 0.2) is 47.4 Å². The van der Waals surface area contributed by atoms with Crippen LogP contribution >= 0.6 is 11.6 Å². The Labute approximate surface area is 170 Å². The summed E-state index contributed by atoms with van der Waals surface area (Å²) in [5.74, 6) is -0.0207. The average Bonchev–Trinajstić information content (AvgIpc) is 2.69. The monoisotopic (exact) mass is 422 g/mol. The smallest absolute Gasteiger partial charge is 0.243 e. The van der Waals surface area contributed by atoms with Crippen LogP contribution in [-0.2, 0) is 14.8 Å². The minimum atomic E-state index is -3.69. The third kappa shape index (κ3) is 4.32. The zero-order valence-electron chi connectivity index (χ0n) is 15.8. The van der Waals surface area contributed by atoms with Gasteiger partial charge in [0.2, 0.25) is 15.9 Å². The first-order valence-corrected chi connectivity index (χ1v) is 10.8. The third-order valence-electron chi connectivity index (χ3n) is 4.89. The SMILES string of the molecule is COc1ccc(S(=O)(=O)N2CCC[C@@H](C(=O)Nc3ccccc3Cl)C2)cc1C. The van der Waals surface area contributed by atoms with E-state index in [9.17, 15) is 13.2 Å². The van der Waals surface area contributed by atoms with Crippen LogP contribution in [0.3, 0.4) is 0 Å². The first-order valence-electron chi connectivity index (χ1n) is 9.03. The van der Waals surface area contributed by atoms with E-state index in [0.29, 0.717) is 35.8 Å². The summed E-state index contributed by atoms with van der Waals surface area (Å²) in [6.07, 6.45) is 1.25. The van der Waals surface area contributed by atoms with Crippen molar-refractivity contribution in [3.05, 3.63) is 53.1 Å². The van der Waals surface area contributed by atoms with Crippen LogP contribution in [0.25, 0.3) is 0 Å². The number of carbonyl (C=O) groups excluding carboxylic acids is 1. The van der Waals surface area contributed by atoms with Gasteiger partial charge in [-0.25, -0.2) is 8.42 Å². The molecule has 0 aliphatic carbocycles. The predicted octanol–water partition coefficient (Wildman–Crippen LogP) is 3.70. The van der Waals surface area contributed by atoms with E-state index in [2.05, 4.69) is 5.32 Å². The minimum absolute atomic E-state index is 0.143. The number of anilines is 1. The van der Waals surface area contributed by atoms with E-state index in [0.717, 1.165) is 5.56 Å². The van der Waals surface area contributed by atoms with Crippen molar-refractivity contribution in [3.63, 3.8) is 0 Å². The van der Waals surface area contributed by atoms with Crippen LogP contribution in [0.4, 0.5) is 5.69 Å². The van der Waals surface area contributed by atoms with Gasteiger partial charge in [-0.2, -0.15) is 4.31 Å². The molecular formula is C20H23ClN2O4S. The van der Waals surface area contributed by atoms with Gasteiger partial charge >= 0.3 is 0 Å². The van der Waals surface area contributed by atoms with Gasteiger partial charge in [0.15, 0.2) is 0 Å². The van der Waals surface area contributed by atoms with E-state index < -0.39 is 15.9 Å². The molecule has 1 N–H and O–H groups in total. The van der Waals surface area contributed by atoms with E-state index in [1.807, 2.05) is 0 Å². The summed E-state index contributed by atoms with van der Waals surface area (Å²) in [7, 11) is -2.14. The van der Waals surface area contributed by atoms with Gasteiger partial charge in [0.1, 0.15) is 5.75 Å². The van der Waals surface area contributed by atoms with Crippen molar-refractivity contribution < 1.29 is 17.9 Å². The highest BCUT2D eigenvalue weighted by atomic mass is 35.5. The number of halogens is 1. The van der Waals surface area contributed by atoms with Gasteiger partial charge in [-0.05, 0) is 55.7 Å². The van der Waals surface area contributed by atoms with Gasteiger partial charge in [0.05, 0.1) is 28.6 Å². The molecule has 2 aromatic carbocycles. The molecule has 0 saturated carbocycles. The summed E-state index contributed by atoms with van der Waals surface area (Å²) in [6.45, 7) is 2.33. The molecule has 0 aromatic heterocycles. The van der Waals surface area contributed by atoms with Crippen molar-refractivity contribution >= 4 is 33.2 Å². The second-order valence-electron chi connectivity index (χ2n) is 6.80. The molecule has 28 heavy (non-hydrogen) atoms. The lowest BCUT2D eigenvalue weighted by molar-refractivity contribution is -0.120. The lowest BCUT2D eigenvalue weighted by Gasteiger charge is -2.31. The number of methoxy groups -OCH3 is 1. The molecule has 0 radical (unpaired) electrons. The summed E-state index contributed by atoms with van der Waals surface area (Å²) in [5.41, 5.74) is 1.27. The number of nitrogens with zero attached hydrogens (tertiary/aromatic N) is 1. The van der Waals surface area contributed by atoms with Gasteiger partial charge in [0.25, 0.3) is 0 Å². The van der Waals surface area contributed by atoms with Crippen molar-refractivity contribution in [3.8, 4) is 5.75 Å². The number of carbonyl (C=O) groups is 1. The zero-order valence-corrected chi connectivity index (χ0v) is 17.4. The molecule has 1 amide bonds. The number of ether oxygens (including phenoxy) is 1. The number of rotatable bonds is 5. The molecule has 2 aromatic rings. The maximum absolute atomic E-state index is 13.1. The van der Waals surface area contributed by atoms with E-state index in [1.165, 1.54) is 10.4 Å². The van der Waals surface area contributed by atoms with Crippen molar-refractivity contribution in [1.82, 2.24) is 4.31 Å². The van der Waals surface area contributed by atoms with Gasteiger partial charge in [-0.15, -0.1) is 0 Å².